The molecule has 2 aliphatic heterocycles. The lowest BCUT2D eigenvalue weighted by Gasteiger charge is -2.32. The molecule has 1 aliphatic carbocycles. The molecule has 1 spiro atoms. The summed E-state index contributed by atoms with van der Waals surface area (Å²) in [5, 5.41) is 7.12. The molecule has 0 bridgehead atoms. The fraction of sp³-hybridized carbons (Fsp3) is 0.292. The number of hydrogen-bond donors (Lipinski definition) is 3. The summed E-state index contributed by atoms with van der Waals surface area (Å²) in [5.74, 6) is -1.60. The second-order valence-corrected chi connectivity index (χ2v) is 9.90. The van der Waals surface area contributed by atoms with Gasteiger partial charge in [0.15, 0.2) is 0 Å². The second kappa shape index (κ2) is 8.73. The fourth-order valence-corrected chi connectivity index (χ4v) is 5.89. The monoisotopic (exact) mass is 498 g/mol. The van der Waals surface area contributed by atoms with E-state index in [4.69, 9.17) is 4.74 Å². The van der Waals surface area contributed by atoms with Gasteiger partial charge in [-0.15, -0.1) is 11.8 Å². The smallest absolute Gasteiger partial charge is 0.322 e. The van der Waals surface area contributed by atoms with Crippen LogP contribution in [0.5, 0.6) is 0 Å². The topological polar surface area (TPSA) is 134 Å². The first-order valence-corrected chi connectivity index (χ1v) is 11.8. The van der Waals surface area contributed by atoms with Crippen LogP contribution >= 0.6 is 11.8 Å². The molecule has 2 aromatic carbocycles. The van der Waals surface area contributed by atoms with Gasteiger partial charge in [0.25, 0.3) is 5.91 Å². The number of anilines is 2. The summed E-state index contributed by atoms with van der Waals surface area (Å²) in [5.41, 5.74) is 1.92. The Balaban J connectivity index is 0.00000190. The SMILES string of the molecule is COC(=O)CC1Sc2ccccc2N(CC(=O)Nc2ccc3c(c2)CC2(C3)NC(=O)NC2=O)C1=O.[HH].[HH]. The summed E-state index contributed by atoms with van der Waals surface area (Å²) in [6.07, 6.45) is 0.615. The maximum Gasteiger partial charge on any atom is 0.322 e. The van der Waals surface area contributed by atoms with Crippen LogP contribution in [0.3, 0.4) is 0 Å². The van der Waals surface area contributed by atoms with Crippen LogP contribution in [0.25, 0.3) is 0 Å². The van der Waals surface area contributed by atoms with Gasteiger partial charge in [-0.2, -0.15) is 0 Å². The molecule has 3 aliphatic rings. The van der Waals surface area contributed by atoms with E-state index in [-0.39, 0.29) is 27.6 Å². The zero-order chi connectivity index (χ0) is 24.7. The zero-order valence-corrected chi connectivity index (χ0v) is 19.6. The number of rotatable bonds is 5. The molecule has 2 heterocycles. The highest BCUT2D eigenvalue weighted by atomic mass is 32.2. The minimum Gasteiger partial charge on any atom is -0.469 e. The number of carbonyl (C=O) groups excluding carboxylic acids is 5. The minimum absolute atomic E-state index is 0. The average Bonchev–Trinajstić information content (AvgIpc) is 3.32. The standard InChI is InChI=1S/C24H22N4O6S.2H2/c1-34-20(30)9-18-21(31)28(16-4-2-3-5-17(16)35-18)12-19(29)25-15-7-6-13-10-24(11-14(13)8-15)22(32)26-23(33)27-24;;/h2-8,18H,9-12H2,1H3,(H,25,29)(H2,26,27,32,33);2*1H. The molecule has 0 aromatic heterocycles. The first-order chi connectivity index (χ1) is 16.8. The number of imide groups is 1. The Labute approximate surface area is 207 Å². The highest BCUT2D eigenvalue weighted by Crippen LogP contribution is 2.40. The normalized spacial score (nSPS) is 22.4. The number of methoxy groups -OCH3 is 1. The van der Waals surface area contributed by atoms with Crippen molar-refractivity contribution in [2.45, 2.75) is 34.9 Å². The quantitative estimate of drug-likeness (QED) is 0.423. The van der Waals surface area contributed by atoms with Gasteiger partial charge < -0.3 is 20.3 Å². The number of hydrogen-bond acceptors (Lipinski definition) is 7. The minimum atomic E-state index is -0.988. The summed E-state index contributed by atoms with van der Waals surface area (Å²) in [4.78, 5) is 63.9. The molecule has 11 heteroatoms. The van der Waals surface area contributed by atoms with E-state index in [9.17, 15) is 24.0 Å². The van der Waals surface area contributed by atoms with E-state index in [1.807, 2.05) is 18.2 Å². The molecule has 2 unspecified atom stereocenters. The van der Waals surface area contributed by atoms with E-state index in [1.165, 1.54) is 23.8 Å². The van der Waals surface area contributed by atoms with Gasteiger partial charge in [-0.3, -0.25) is 24.5 Å². The van der Waals surface area contributed by atoms with E-state index in [0.717, 1.165) is 16.0 Å². The van der Waals surface area contributed by atoms with E-state index in [1.54, 1.807) is 24.3 Å². The van der Waals surface area contributed by atoms with Gasteiger partial charge >= 0.3 is 12.0 Å². The summed E-state index contributed by atoms with van der Waals surface area (Å²) >= 11 is 1.28. The third-order valence-electron chi connectivity index (χ3n) is 6.34. The van der Waals surface area contributed by atoms with Crippen molar-refractivity contribution in [1.29, 1.82) is 0 Å². The highest BCUT2D eigenvalue weighted by molar-refractivity contribution is 8.01. The molecule has 184 valence electrons. The molecule has 5 amide bonds. The van der Waals surface area contributed by atoms with E-state index in [0.29, 0.717) is 24.2 Å². The number of fused-ring (bicyclic) bond motifs is 2. The molecular weight excluding hydrogens is 472 g/mol. The summed E-state index contributed by atoms with van der Waals surface area (Å²) in [6.45, 7) is -0.229. The lowest BCUT2D eigenvalue weighted by molar-refractivity contribution is -0.141. The second-order valence-electron chi connectivity index (χ2n) is 8.65. The average molecular weight is 499 g/mol. The molecule has 10 nitrogen and oxygen atoms in total. The largest absolute Gasteiger partial charge is 0.469 e. The van der Waals surface area contributed by atoms with Crippen LogP contribution in [0.4, 0.5) is 16.2 Å². The third-order valence-corrected chi connectivity index (χ3v) is 7.59. The van der Waals surface area contributed by atoms with Crippen LogP contribution in [0.2, 0.25) is 0 Å². The fourth-order valence-electron chi connectivity index (χ4n) is 4.68. The zero-order valence-electron chi connectivity index (χ0n) is 18.8. The molecule has 0 radical (unpaired) electrons. The lowest BCUT2D eigenvalue weighted by atomic mass is 9.96. The highest BCUT2D eigenvalue weighted by Gasteiger charge is 2.50. The van der Waals surface area contributed by atoms with Gasteiger partial charge in [-0.1, -0.05) is 18.2 Å². The van der Waals surface area contributed by atoms with E-state index < -0.39 is 28.7 Å². The van der Waals surface area contributed by atoms with Crippen molar-refractivity contribution in [3.8, 4) is 0 Å². The maximum absolute atomic E-state index is 13.1. The van der Waals surface area contributed by atoms with Crippen LogP contribution in [0.15, 0.2) is 47.4 Å². The number of urea groups is 1. The van der Waals surface area contributed by atoms with Gasteiger partial charge in [-0.25, -0.2) is 4.79 Å². The summed E-state index contributed by atoms with van der Waals surface area (Å²) < 4.78 is 4.72. The molecule has 2 atom stereocenters. The molecule has 0 saturated carbocycles. The molecule has 2 aromatic rings. The van der Waals surface area contributed by atoms with Crippen molar-refractivity contribution in [3.05, 3.63) is 53.6 Å². The van der Waals surface area contributed by atoms with Crippen molar-refractivity contribution in [1.82, 2.24) is 10.6 Å². The Morgan fingerprint density at radius 2 is 1.94 bits per heavy atom. The molecule has 5 rings (SSSR count). The van der Waals surface area contributed by atoms with Crippen LogP contribution in [0, 0.1) is 0 Å². The molecule has 1 saturated heterocycles. The molecular formula is C24H26N4O6S. The number of nitrogens with zero attached hydrogens (tertiary/aromatic N) is 1. The Bertz CT molecular complexity index is 1290. The van der Waals surface area contributed by atoms with E-state index in [2.05, 4.69) is 16.0 Å². The number of amides is 5. The number of esters is 1. The van der Waals surface area contributed by atoms with Crippen LogP contribution in [-0.4, -0.2) is 54.2 Å². The summed E-state index contributed by atoms with van der Waals surface area (Å²) in [6, 6.07) is 12.0. The first-order valence-electron chi connectivity index (χ1n) is 11.0. The Kier molecular flexibility index (Phi) is 5.72. The summed E-state index contributed by atoms with van der Waals surface area (Å²) in [7, 11) is 1.27. The van der Waals surface area contributed by atoms with Crippen molar-refractivity contribution in [2.24, 2.45) is 0 Å². The Hall–Kier alpha value is -3.86. The Morgan fingerprint density at radius 1 is 1.17 bits per heavy atom. The van der Waals surface area contributed by atoms with Gasteiger partial charge in [0.2, 0.25) is 11.8 Å². The number of benzene rings is 2. The molecule has 1 fully saturated rings. The van der Waals surface area contributed by atoms with Crippen molar-refractivity contribution in [2.75, 3.05) is 23.9 Å². The van der Waals surface area contributed by atoms with Crippen LogP contribution in [0.1, 0.15) is 20.4 Å². The van der Waals surface area contributed by atoms with Crippen molar-refractivity contribution in [3.63, 3.8) is 0 Å². The predicted octanol–water partition coefficient (Wildman–Crippen LogP) is 1.86. The van der Waals surface area contributed by atoms with Gasteiger partial charge in [0.05, 0.1) is 24.5 Å². The Morgan fingerprint density at radius 3 is 2.69 bits per heavy atom. The van der Waals surface area contributed by atoms with Crippen LogP contribution < -0.4 is 20.9 Å². The lowest BCUT2D eigenvalue weighted by Crippen LogP contribution is -2.47. The number of nitrogens with one attached hydrogen (secondary N) is 3. The number of thioether (sulfide) groups is 1. The third kappa shape index (κ3) is 4.23. The van der Waals surface area contributed by atoms with Gasteiger partial charge in [0.1, 0.15) is 12.1 Å². The van der Waals surface area contributed by atoms with Crippen LogP contribution in [-0.2, 0) is 36.8 Å². The van der Waals surface area contributed by atoms with E-state index >= 15 is 0 Å². The van der Waals surface area contributed by atoms with Gasteiger partial charge in [-0.05, 0) is 35.4 Å². The number of para-hydroxylation sites is 1. The molecule has 35 heavy (non-hydrogen) atoms. The first kappa shape index (κ1) is 22.9. The number of carbonyl (C=O) groups is 5. The van der Waals surface area contributed by atoms with Crippen molar-refractivity contribution < 1.29 is 31.6 Å². The maximum atomic E-state index is 13.1. The predicted molar refractivity (Wildman–Crippen MR) is 131 cm³/mol. The number of ether oxygens (including phenoxy) is 1. The van der Waals surface area contributed by atoms with Gasteiger partial charge in [0, 0.05) is 26.3 Å². The van der Waals surface area contributed by atoms with Crippen molar-refractivity contribution >= 4 is 52.9 Å². The molecule has 3 N–H and O–H groups in total.